The highest BCUT2D eigenvalue weighted by atomic mass is 19.1. The second kappa shape index (κ2) is 7.24. The number of aromatic amines is 1. The molecule has 0 spiro atoms. The zero-order valence-electron chi connectivity index (χ0n) is 17.8. The zero-order chi connectivity index (χ0) is 21.7. The summed E-state index contributed by atoms with van der Waals surface area (Å²) < 4.78 is 22.5. The molecule has 1 saturated carbocycles. The fraction of sp³-hybridized carbons (Fsp3) is 0.185. The van der Waals surface area contributed by atoms with Crippen LogP contribution in [0.2, 0.25) is 0 Å². The second-order valence-corrected chi connectivity index (χ2v) is 8.64. The van der Waals surface area contributed by atoms with Gasteiger partial charge in [0.1, 0.15) is 12.9 Å². The van der Waals surface area contributed by atoms with Crippen molar-refractivity contribution in [3.63, 3.8) is 0 Å². The largest absolute Gasteiger partial charge is 0.359 e. The van der Waals surface area contributed by atoms with E-state index in [1.54, 1.807) is 0 Å². The predicted octanol–water partition coefficient (Wildman–Crippen LogP) is 5.55. The quantitative estimate of drug-likeness (QED) is 0.376. The number of fused-ring (bicyclic) bond motifs is 2. The summed E-state index contributed by atoms with van der Waals surface area (Å²) in [6, 6.07) is 21.3. The minimum atomic E-state index is -0.353. The molecule has 3 aromatic carbocycles. The van der Waals surface area contributed by atoms with Crippen LogP contribution < -0.4 is 4.57 Å². The molecule has 0 atom stereocenters. The van der Waals surface area contributed by atoms with Crippen LogP contribution in [0.15, 0.2) is 79.1 Å². The molecule has 0 aliphatic heterocycles. The van der Waals surface area contributed by atoms with Crippen molar-refractivity contribution in [2.45, 2.75) is 25.0 Å². The van der Waals surface area contributed by atoms with Crippen molar-refractivity contribution in [2.75, 3.05) is 0 Å². The summed E-state index contributed by atoms with van der Waals surface area (Å²) >= 11 is 0. The van der Waals surface area contributed by atoms with Crippen molar-refractivity contribution in [2.24, 2.45) is 7.05 Å². The van der Waals surface area contributed by atoms with E-state index in [-0.39, 0.29) is 11.4 Å². The Hall–Kier alpha value is -3.57. The Kier molecular flexibility index (Phi) is 4.33. The van der Waals surface area contributed by atoms with Crippen molar-refractivity contribution in [1.29, 1.82) is 0 Å². The minimum Gasteiger partial charge on any atom is -0.359 e. The summed E-state index contributed by atoms with van der Waals surface area (Å²) in [6.45, 7) is 0.558. The van der Waals surface area contributed by atoms with Crippen LogP contribution in [0.1, 0.15) is 24.1 Å². The van der Waals surface area contributed by atoms with Gasteiger partial charge < -0.3 is 4.74 Å². The number of aryl methyl sites for hydroxylation is 1. The highest BCUT2D eigenvalue weighted by Gasteiger charge is 2.54. The lowest BCUT2D eigenvalue weighted by Crippen LogP contribution is -2.39. The van der Waals surface area contributed by atoms with E-state index in [2.05, 4.69) is 52.3 Å². The third-order valence-electron chi connectivity index (χ3n) is 6.43. The van der Waals surface area contributed by atoms with Gasteiger partial charge in [0.25, 0.3) is 0 Å². The van der Waals surface area contributed by atoms with Gasteiger partial charge in [0.15, 0.2) is 11.8 Å². The predicted molar refractivity (Wildman–Crippen MR) is 122 cm³/mol. The van der Waals surface area contributed by atoms with E-state index < -0.39 is 0 Å². The van der Waals surface area contributed by atoms with Gasteiger partial charge in [-0.1, -0.05) is 42.5 Å². The summed E-state index contributed by atoms with van der Waals surface area (Å²) in [5.41, 5.74) is 5.02. The Morgan fingerprint density at radius 2 is 1.81 bits per heavy atom. The molecule has 1 aliphatic rings. The molecule has 0 saturated heterocycles. The van der Waals surface area contributed by atoms with Crippen LogP contribution in [-0.2, 0) is 24.0 Å². The topological polar surface area (TPSA) is 41.8 Å². The molecule has 2 aromatic heterocycles. The first-order valence-electron chi connectivity index (χ1n) is 10.9. The van der Waals surface area contributed by atoms with Crippen molar-refractivity contribution in [3.05, 3.63) is 96.2 Å². The van der Waals surface area contributed by atoms with Gasteiger partial charge in [-0.3, -0.25) is 5.10 Å². The van der Waals surface area contributed by atoms with Gasteiger partial charge in [-0.15, -0.1) is 0 Å². The van der Waals surface area contributed by atoms with E-state index in [0.29, 0.717) is 6.61 Å². The zero-order valence-corrected chi connectivity index (χ0v) is 17.8. The van der Waals surface area contributed by atoms with Gasteiger partial charge in [-0.05, 0) is 48.2 Å². The number of aromatic nitrogens is 3. The third-order valence-corrected chi connectivity index (χ3v) is 6.43. The number of nitrogens with zero attached hydrogens (tertiary/aromatic N) is 2. The smallest absolute Gasteiger partial charge is 0.221 e. The van der Waals surface area contributed by atoms with Crippen molar-refractivity contribution < 1.29 is 13.7 Å². The van der Waals surface area contributed by atoms with E-state index in [4.69, 9.17) is 4.74 Å². The standard InChI is InChI=1S/C27H22FN3O/c1-31-16-21-14-24-20(15-29-30-24)13-23(21)25(19-7-9-22(28)10-8-19)26(31)27(11-12-27)32-17-18-5-3-2-4-6-18/h2-10,13-16H,11-12,17H2,1H3/p+1. The molecular weight excluding hydrogens is 401 g/mol. The van der Waals surface area contributed by atoms with Crippen molar-refractivity contribution in [3.8, 4) is 11.1 Å². The molecule has 0 amide bonds. The van der Waals surface area contributed by atoms with Gasteiger partial charge in [0.2, 0.25) is 5.69 Å². The summed E-state index contributed by atoms with van der Waals surface area (Å²) in [5.74, 6) is -0.237. The van der Waals surface area contributed by atoms with Crippen LogP contribution in [0.4, 0.5) is 4.39 Å². The Morgan fingerprint density at radius 1 is 1.03 bits per heavy atom. The number of ether oxygens (including phenoxy) is 1. The molecule has 5 heteroatoms. The maximum Gasteiger partial charge on any atom is 0.221 e. The number of benzene rings is 3. The van der Waals surface area contributed by atoms with Gasteiger partial charge in [-0.2, -0.15) is 5.10 Å². The number of hydrogen-bond acceptors (Lipinski definition) is 2. The molecule has 1 fully saturated rings. The first kappa shape index (κ1) is 19.1. The lowest BCUT2D eigenvalue weighted by molar-refractivity contribution is -0.682. The number of H-pyrrole nitrogens is 1. The van der Waals surface area contributed by atoms with Crippen LogP contribution in [0, 0.1) is 5.82 Å². The molecule has 1 aliphatic carbocycles. The maximum absolute atomic E-state index is 13.8. The molecule has 0 radical (unpaired) electrons. The summed E-state index contributed by atoms with van der Waals surface area (Å²) in [6.07, 6.45) is 5.92. The molecule has 32 heavy (non-hydrogen) atoms. The molecular formula is C27H23FN3O+. The molecule has 5 aromatic rings. The first-order valence-corrected chi connectivity index (χ1v) is 10.9. The van der Waals surface area contributed by atoms with Gasteiger partial charge in [-0.25, -0.2) is 8.96 Å². The molecule has 1 N–H and O–H groups in total. The Morgan fingerprint density at radius 3 is 2.56 bits per heavy atom. The maximum atomic E-state index is 13.8. The SMILES string of the molecule is C[n+]1cc2cc3[nH]ncc3cc2c(-c2ccc(F)cc2)c1C1(OCc2ccccc2)CC1. The van der Waals surface area contributed by atoms with E-state index >= 15 is 0 Å². The normalized spacial score (nSPS) is 14.8. The molecule has 158 valence electrons. The molecule has 0 unspecified atom stereocenters. The van der Waals surface area contributed by atoms with Crippen LogP contribution in [0.5, 0.6) is 0 Å². The average Bonchev–Trinajstić information content (AvgIpc) is 3.45. The fourth-order valence-corrected chi connectivity index (χ4v) is 4.73. The van der Waals surface area contributed by atoms with Crippen LogP contribution in [0.3, 0.4) is 0 Å². The highest BCUT2D eigenvalue weighted by Crippen LogP contribution is 2.52. The number of rotatable bonds is 5. The Labute approximate surface area is 185 Å². The lowest BCUT2D eigenvalue weighted by Gasteiger charge is -2.20. The molecule has 4 nitrogen and oxygen atoms in total. The Bertz CT molecular complexity index is 1440. The number of hydrogen-bond donors (Lipinski definition) is 1. The van der Waals surface area contributed by atoms with E-state index in [0.717, 1.165) is 56.9 Å². The highest BCUT2D eigenvalue weighted by molar-refractivity contribution is 6.03. The Balaban J connectivity index is 1.56. The van der Waals surface area contributed by atoms with Gasteiger partial charge >= 0.3 is 0 Å². The number of pyridine rings is 1. The molecule has 0 bridgehead atoms. The summed E-state index contributed by atoms with van der Waals surface area (Å²) in [4.78, 5) is 0. The number of halogens is 1. The van der Waals surface area contributed by atoms with E-state index in [9.17, 15) is 4.39 Å². The third kappa shape index (κ3) is 3.17. The molecule has 6 rings (SSSR count). The first-order chi connectivity index (χ1) is 15.6. The fourth-order valence-electron chi connectivity index (χ4n) is 4.73. The van der Waals surface area contributed by atoms with Crippen LogP contribution in [0.25, 0.3) is 32.8 Å². The van der Waals surface area contributed by atoms with E-state index in [1.165, 1.54) is 12.1 Å². The van der Waals surface area contributed by atoms with Crippen LogP contribution >= 0.6 is 0 Å². The average molecular weight is 424 g/mol. The lowest BCUT2D eigenvalue weighted by atomic mass is 9.93. The van der Waals surface area contributed by atoms with Crippen molar-refractivity contribution >= 4 is 21.7 Å². The second-order valence-electron chi connectivity index (χ2n) is 8.64. The summed E-state index contributed by atoms with van der Waals surface area (Å²) in [7, 11) is 2.07. The number of nitrogens with one attached hydrogen (secondary N) is 1. The summed E-state index contributed by atoms with van der Waals surface area (Å²) in [5, 5.41) is 10.5. The molecule has 2 heterocycles. The van der Waals surface area contributed by atoms with Crippen LogP contribution in [-0.4, -0.2) is 10.2 Å². The monoisotopic (exact) mass is 424 g/mol. The van der Waals surface area contributed by atoms with Gasteiger partial charge in [0, 0.05) is 16.2 Å². The van der Waals surface area contributed by atoms with Gasteiger partial charge in [0.05, 0.1) is 23.9 Å². The minimum absolute atomic E-state index is 0.237. The van der Waals surface area contributed by atoms with E-state index in [1.807, 2.05) is 36.5 Å². The van der Waals surface area contributed by atoms with Crippen molar-refractivity contribution in [1.82, 2.24) is 10.2 Å².